The summed E-state index contributed by atoms with van der Waals surface area (Å²) in [5, 5.41) is 43.4. The van der Waals surface area contributed by atoms with Gasteiger partial charge in [0.15, 0.2) is 0 Å². The summed E-state index contributed by atoms with van der Waals surface area (Å²) in [6.45, 7) is 3.98. The maximum absolute atomic E-state index is 12.4. The van der Waals surface area contributed by atoms with Crippen LogP contribution in [-0.2, 0) is 4.79 Å². The van der Waals surface area contributed by atoms with E-state index in [1.807, 2.05) is 0 Å². The molecule has 0 aliphatic rings. The van der Waals surface area contributed by atoms with Crippen molar-refractivity contribution in [2.75, 3.05) is 6.61 Å². The number of carbonyl (C=O) groups is 1. The number of allylic oxidation sites excluding steroid dienone is 6. The third-order valence-corrected chi connectivity index (χ3v) is 8.85. The van der Waals surface area contributed by atoms with Crippen molar-refractivity contribution >= 4 is 5.91 Å². The van der Waals surface area contributed by atoms with E-state index in [9.17, 15) is 25.2 Å². The summed E-state index contributed by atoms with van der Waals surface area (Å²) in [6.07, 6.45) is 38.8. The van der Waals surface area contributed by atoms with Crippen molar-refractivity contribution in [3.8, 4) is 0 Å². The van der Waals surface area contributed by atoms with Crippen molar-refractivity contribution in [3.05, 3.63) is 36.5 Å². The molecule has 0 aromatic heterocycles. The molecule has 6 heteroatoms. The average Bonchev–Trinajstić information content (AvgIpc) is 3.06. The second kappa shape index (κ2) is 34.9. The molecule has 0 fully saturated rings. The van der Waals surface area contributed by atoms with Gasteiger partial charge in [0.2, 0.25) is 5.91 Å². The Hall–Kier alpha value is -1.47. The van der Waals surface area contributed by atoms with Gasteiger partial charge in [-0.25, -0.2) is 0 Å². The molecule has 46 heavy (non-hydrogen) atoms. The highest BCUT2D eigenvalue weighted by Crippen LogP contribution is 2.14. The normalized spacial score (nSPS) is 14.8. The summed E-state index contributed by atoms with van der Waals surface area (Å²) < 4.78 is 0. The second-order valence-electron chi connectivity index (χ2n) is 13.3. The van der Waals surface area contributed by atoms with E-state index in [4.69, 9.17) is 0 Å². The molecule has 1 amide bonds. The topological polar surface area (TPSA) is 110 Å². The van der Waals surface area contributed by atoms with Gasteiger partial charge in [-0.15, -0.1) is 0 Å². The van der Waals surface area contributed by atoms with Crippen molar-refractivity contribution in [2.24, 2.45) is 0 Å². The number of amides is 1. The first-order valence-corrected chi connectivity index (χ1v) is 19.4. The fourth-order valence-corrected chi connectivity index (χ4v) is 5.69. The van der Waals surface area contributed by atoms with E-state index < -0.39 is 36.9 Å². The second-order valence-corrected chi connectivity index (χ2v) is 13.3. The monoisotopic (exact) mass is 650 g/mol. The van der Waals surface area contributed by atoms with Gasteiger partial charge in [-0.05, 0) is 64.2 Å². The SMILES string of the molecule is CCCCC/C=C\C=C/CCCCCCCC(O)C(=O)NC(CO)C(O)C(O)CCC/C=C/CCCCCCCCCCCCC. The van der Waals surface area contributed by atoms with Crippen LogP contribution in [0.2, 0.25) is 0 Å². The summed E-state index contributed by atoms with van der Waals surface area (Å²) in [6, 6.07) is -1.01. The first-order valence-electron chi connectivity index (χ1n) is 19.4. The molecule has 0 saturated heterocycles. The molecule has 0 radical (unpaired) electrons. The lowest BCUT2D eigenvalue weighted by molar-refractivity contribution is -0.132. The molecule has 0 spiro atoms. The van der Waals surface area contributed by atoms with Gasteiger partial charge in [0, 0.05) is 0 Å². The predicted molar refractivity (Wildman–Crippen MR) is 196 cm³/mol. The first kappa shape index (κ1) is 44.5. The van der Waals surface area contributed by atoms with Gasteiger partial charge in [-0.3, -0.25) is 4.79 Å². The molecule has 0 aromatic carbocycles. The largest absolute Gasteiger partial charge is 0.394 e. The van der Waals surface area contributed by atoms with E-state index >= 15 is 0 Å². The van der Waals surface area contributed by atoms with Gasteiger partial charge in [0.25, 0.3) is 0 Å². The van der Waals surface area contributed by atoms with E-state index in [0.717, 1.165) is 57.8 Å². The molecule has 270 valence electrons. The molecular weight excluding hydrogens is 574 g/mol. The molecule has 0 bridgehead atoms. The zero-order valence-corrected chi connectivity index (χ0v) is 30.1. The van der Waals surface area contributed by atoms with Crippen LogP contribution in [-0.4, -0.2) is 57.3 Å². The minimum Gasteiger partial charge on any atom is -0.394 e. The zero-order chi connectivity index (χ0) is 33.9. The Balaban J connectivity index is 3.88. The number of rotatable bonds is 34. The van der Waals surface area contributed by atoms with E-state index in [0.29, 0.717) is 19.3 Å². The number of hydrogen-bond acceptors (Lipinski definition) is 5. The van der Waals surface area contributed by atoms with Crippen LogP contribution >= 0.6 is 0 Å². The maximum Gasteiger partial charge on any atom is 0.249 e. The Kier molecular flexibility index (Phi) is 33.7. The summed E-state index contributed by atoms with van der Waals surface area (Å²) in [5.41, 5.74) is 0. The van der Waals surface area contributed by atoms with Crippen LogP contribution in [0.5, 0.6) is 0 Å². The molecule has 0 heterocycles. The fourth-order valence-electron chi connectivity index (χ4n) is 5.69. The van der Waals surface area contributed by atoms with Crippen LogP contribution in [0.25, 0.3) is 0 Å². The summed E-state index contributed by atoms with van der Waals surface area (Å²) >= 11 is 0. The van der Waals surface area contributed by atoms with Gasteiger partial charge in [-0.1, -0.05) is 153 Å². The van der Waals surface area contributed by atoms with Crippen LogP contribution in [0, 0.1) is 0 Å². The Morgan fingerprint density at radius 1 is 0.543 bits per heavy atom. The molecule has 4 unspecified atom stereocenters. The van der Waals surface area contributed by atoms with Gasteiger partial charge in [0.05, 0.1) is 18.8 Å². The average molecular weight is 650 g/mol. The lowest BCUT2D eigenvalue weighted by Gasteiger charge is -2.27. The van der Waals surface area contributed by atoms with Crippen molar-refractivity contribution in [3.63, 3.8) is 0 Å². The molecular formula is C40H75NO5. The molecule has 0 aromatic rings. The van der Waals surface area contributed by atoms with E-state index in [1.165, 1.54) is 89.9 Å². The number of aliphatic hydroxyl groups excluding tert-OH is 4. The number of nitrogens with one attached hydrogen (secondary N) is 1. The van der Waals surface area contributed by atoms with Crippen molar-refractivity contribution in [2.45, 2.75) is 205 Å². The highest BCUT2D eigenvalue weighted by molar-refractivity contribution is 5.80. The molecule has 0 saturated carbocycles. The molecule has 0 aliphatic heterocycles. The van der Waals surface area contributed by atoms with Gasteiger partial charge < -0.3 is 25.7 Å². The fraction of sp³-hybridized carbons (Fsp3) is 0.825. The predicted octanol–water partition coefficient (Wildman–Crippen LogP) is 9.40. The van der Waals surface area contributed by atoms with Gasteiger partial charge in [-0.2, -0.15) is 0 Å². The lowest BCUT2D eigenvalue weighted by Crippen LogP contribution is -2.53. The minimum atomic E-state index is -1.29. The van der Waals surface area contributed by atoms with Crippen LogP contribution in [0.3, 0.4) is 0 Å². The molecule has 6 nitrogen and oxygen atoms in total. The van der Waals surface area contributed by atoms with Crippen LogP contribution in [0.4, 0.5) is 0 Å². The lowest BCUT2D eigenvalue weighted by atomic mass is 10.00. The molecule has 0 rings (SSSR count). The number of aliphatic hydroxyl groups is 4. The number of unbranched alkanes of at least 4 members (excludes halogenated alkanes) is 20. The van der Waals surface area contributed by atoms with Gasteiger partial charge in [0.1, 0.15) is 12.2 Å². The quantitative estimate of drug-likeness (QED) is 0.0271. The van der Waals surface area contributed by atoms with E-state index in [-0.39, 0.29) is 0 Å². The van der Waals surface area contributed by atoms with Crippen molar-refractivity contribution in [1.82, 2.24) is 5.32 Å². The Morgan fingerprint density at radius 3 is 1.48 bits per heavy atom. The van der Waals surface area contributed by atoms with Crippen molar-refractivity contribution < 1.29 is 25.2 Å². The Labute approximate surface area is 284 Å². The minimum absolute atomic E-state index is 0.344. The van der Waals surface area contributed by atoms with E-state index in [2.05, 4.69) is 55.6 Å². The smallest absolute Gasteiger partial charge is 0.249 e. The van der Waals surface area contributed by atoms with Crippen LogP contribution in [0.1, 0.15) is 181 Å². The first-order chi connectivity index (χ1) is 22.5. The zero-order valence-electron chi connectivity index (χ0n) is 30.1. The molecule has 5 N–H and O–H groups in total. The summed E-state index contributed by atoms with van der Waals surface area (Å²) in [4.78, 5) is 12.4. The summed E-state index contributed by atoms with van der Waals surface area (Å²) in [7, 11) is 0. The maximum atomic E-state index is 12.4. The third kappa shape index (κ3) is 28.7. The highest BCUT2D eigenvalue weighted by Gasteiger charge is 2.28. The third-order valence-electron chi connectivity index (χ3n) is 8.85. The van der Waals surface area contributed by atoms with E-state index in [1.54, 1.807) is 0 Å². The Morgan fingerprint density at radius 2 is 0.957 bits per heavy atom. The molecule has 4 atom stereocenters. The van der Waals surface area contributed by atoms with Gasteiger partial charge >= 0.3 is 0 Å². The highest BCUT2D eigenvalue weighted by atomic mass is 16.3. The van der Waals surface area contributed by atoms with Crippen molar-refractivity contribution in [1.29, 1.82) is 0 Å². The summed E-state index contributed by atoms with van der Waals surface area (Å²) in [5.74, 6) is -0.608. The molecule has 0 aliphatic carbocycles. The van der Waals surface area contributed by atoms with Crippen LogP contribution in [0.15, 0.2) is 36.5 Å². The Bertz CT molecular complexity index is 737. The number of hydrogen-bond donors (Lipinski definition) is 5. The standard InChI is InChI=1S/C40H75NO5/c1-3-5-7-9-11-13-15-17-19-20-22-23-25-27-29-31-33-37(43)39(45)36(35-42)41-40(46)38(44)34-32-30-28-26-24-21-18-16-14-12-10-8-6-4-2/h12,14,16,18,25,27,36-39,42-45H,3-11,13,15,17,19-24,26,28-35H2,1-2H3,(H,41,46)/b14-12-,18-16-,27-25+. The van der Waals surface area contributed by atoms with Crippen LogP contribution < -0.4 is 5.32 Å². The number of carbonyl (C=O) groups excluding carboxylic acids is 1.